The molecule has 0 spiro atoms. The minimum Gasteiger partial charge on any atom is -0.285 e. The van der Waals surface area contributed by atoms with E-state index in [0.29, 0.717) is 11.1 Å². The van der Waals surface area contributed by atoms with Crippen molar-refractivity contribution in [1.82, 2.24) is 0 Å². The summed E-state index contributed by atoms with van der Waals surface area (Å²) in [6, 6.07) is 12.7. The normalized spacial score (nSPS) is 11.1. The molecule has 0 amide bonds. The number of unbranched alkanes of at least 4 members (excludes halogenated alkanes) is 15. The lowest BCUT2D eigenvalue weighted by Gasteiger charge is -2.13. The number of benzene rings is 2. The molecule has 2 rings (SSSR count). The first kappa shape index (κ1) is 30.0. The Morgan fingerprint density at radius 3 is 1.50 bits per heavy atom. The number of ketones is 2. The Bertz CT molecular complexity index is 897. The Hall–Kier alpha value is -2.22. The molecule has 0 aliphatic rings. The summed E-state index contributed by atoms with van der Waals surface area (Å²) in [4.78, 5) is 25.4. The molecule has 0 unspecified atom stereocenters. The number of hydrogen-bond donors (Lipinski definition) is 0. The molecule has 2 heteroatoms. The molecule has 0 bridgehead atoms. The highest BCUT2D eigenvalue weighted by molar-refractivity contribution is 6.49. The highest BCUT2D eigenvalue weighted by atomic mass is 16.2. The number of aryl methyl sites for hydroxylation is 1. The average molecular weight is 491 g/mol. The van der Waals surface area contributed by atoms with Crippen LogP contribution < -0.4 is 0 Å². The van der Waals surface area contributed by atoms with E-state index in [1.807, 2.05) is 19.1 Å². The quantitative estimate of drug-likeness (QED) is 0.105. The van der Waals surface area contributed by atoms with Crippen molar-refractivity contribution in [2.75, 3.05) is 0 Å². The van der Waals surface area contributed by atoms with Gasteiger partial charge >= 0.3 is 0 Å². The molecule has 0 fully saturated rings. The molecule has 198 valence electrons. The van der Waals surface area contributed by atoms with E-state index in [4.69, 9.17) is 0 Å². The lowest BCUT2D eigenvalue weighted by atomic mass is 9.91. The van der Waals surface area contributed by atoms with E-state index >= 15 is 0 Å². The van der Waals surface area contributed by atoms with Gasteiger partial charge in [0, 0.05) is 11.1 Å². The third-order valence-corrected chi connectivity index (χ3v) is 7.69. The van der Waals surface area contributed by atoms with Gasteiger partial charge in [-0.25, -0.2) is 0 Å². The van der Waals surface area contributed by atoms with Crippen molar-refractivity contribution in [1.29, 1.82) is 0 Å². The van der Waals surface area contributed by atoms with Gasteiger partial charge in [-0.3, -0.25) is 9.59 Å². The molecular weight excluding hydrogens is 440 g/mol. The summed E-state index contributed by atoms with van der Waals surface area (Å²) in [5, 5.41) is 0. The third kappa shape index (κ3) is 10.8. The molecule has 0 heterocycles. The number of carbonyl (C=O) groups excluding carboxylic acids is 2. The van der Waals surface area contributed by atoms with Gasteiger partial charge in [0.15, 0.2) is 0 Å². The molecule has 0 aliphatic carbocycles. The summed E-state index contributed by atoms with van der Waals surface area (Å²) in [6.45, 7) is 6.34. The molecule has 2 aromatic carbocycles. The first-order valence-corrected chi connectivity index (χ1v) is 14.8. The second-order valence-electron chi connectivity index (χ2n) is 10.6. The molecule has 36 heavy (non-hydrogen) atoms. The molecule has 0 atom stereocenters. The monoisotopic (exact) mass is 490 g/mol. The van der Waals surface area contributed by atoms with E-state index < -0.39 is 11.6 Å². The van der Waals surface area contributed by atoms with Gasteiger partial charge in [-0.05, 0) is 43.4 Å². The molecule has 0 N–H and O–H groups in total. The van der Waals surface area contributed by atoms with Crippen LogP contribution in [-0.2, 0) is 6.42 Å². The fourth-order valence-electron chi connectivity index (χ4n) is 5.10. The van der Waals surface area contributed by atoms with Crippen LogP contribution in [0.5, 0.6) is 0 Å². The van der Waals surface area contributed by atoms with Gasteiger partial charge in [0.2, 0.25) is 11.6 Å². The zero-order valence-corrected chi connectivity index (χ0v) is 23.4. The standard InChI is InChI=1S/C34H50O2/c1-4-5-6-7-8-9-10-11-12-13-14-15-16-17-18-20-23-30-26-27-32(29(3)28(30)2)34(36)33(35)31-24-21-19-22-25-31/h19,21-22,24-27H,4-18,20,23H2,1-3H3. The zero-order valence-electron chi connectivity index (χ0n) is 23.4. The molecule has 2 aromatic rings. The van der Waals surface area contributed by atoms with Crippen LogP contribution in [0.15, 0.2) is 42.5 Å². The van der Waals surface area contributed by atoms with Crippen LogP contribution >= 0.6 is 0 Å². The predicted molar refractivity (Wildman–Crippen MR) is 154 cm³/mol. The first-order chi connectivity index (χ1) is 17.6. The van der Waals surface area contributed by atoms with E-state index in [1.165, 1.54) is 108 Å². The fourth-order valence-corrected chi connectivity index (χ4v) is 5.10. The van der Waals surface area contributed by atoms with Crippen molar-refractivity contribution >= 4 is 11.6 Å². The number of rotatable bonds is 20. The van der Waals surface area contributed by atoms with E-state index in [0.717, 1.165) is 17.5 Å². The second-order valence-corrected chi connectivity index (χ2v) is 10.6. The maximum atomic E-state index is 12.8. The maximum Gasteiger partial charge on any atom is 0.233 e. The van der Waals surface area contributed by atoms with Crippen LogP contribution in [0.2, 0.25) is 0 Å². The smallest absolute Gasteiger partial charge is 0.233 e. The Labute approximate surface area is 221 Å². The minimum atomic E-state index is -0.427. The van der Waals surface area contributed by atoms with Gasteiger partial charge in [0.1, 0.15) is 0 Å². The highest BCUT2D eigenvalue weighted by Crippen LogP contribution is 2.22. The largest absolute Gasteiger partial charge is 0.285 e. The SMILES string of the molecule is CCCCCCCCCCCCCCCCCCc1ccc(C(=O)C(=O)c2ccccc2)c(C)c1C. The molecule has 2 nitrogen and oxygen atoms in total. The third-order valence-electron chi connectivity index (χ3n) is 7.69. The van der Waals surface area contributed by atoms with Gasteiger partial charge in [-0.15, -0.1) is 0 Å². The molecule has 0 aliphatic heterocycles. The van der Waals surface area contributed by atoms with E-state index in [2.05, 4.69) is 19.9 Å². The number of Topliss-reactive ketones (excluding diaryl/α,β-unsaturated/α-hetero) is 2. The van der Waals surface area contributed by atoms with Crippen LogP contribution in [0.1, 0.15) is 147 Å². The van der Waals surface area contributed by atoms with Crippen LogP contribution in [0.25, 0.3) is 0 Å². The van der Waals surface area contributed by atoms with Crippen molar-refractivity contribution < 1.29 is 9.59 Å². The van der Waals surface area contributed by atoms with Crippen LogP contribution in [0.4, 0.5) is 0 Å². The number of carbonyl (C=O) groups is 2. The van der Waals surface area contributed by atoms with Crippen LogP contribution in [0, 0.1) is 13.8 Å². The van der Waals surface area contributed by atoms with Crippen molar-refractivity contribution in [3.8, 4) is 0 Å². The molecule has 0 saturated heterocycles. The Morgan fingerprint density at radius 2 is 1.00 bits per heavy atom. The van der Waals surface area contributed by atoms with Gasteiger partial charge in [-0.2, -0.15) is 0 Å². The molecule has 0 aromatic heterocycles. The van der Waals surface area contributed by atoms with E-state index in [1.54, 1.807) is 24.3 Å². The van der Waals surface area contributed by atoms with Crippen molar-refractivity contribution in [2.45, 2.75) is 130 Å². The number of hydrogen-bond acceptors (Lipinski definition) is 2. The van der Waals surface area contributed by atoms with Gasteiger partial charge in [0.25, 0.3) is 0 Å². The second kappa shape index (κ2) is 18.1. The minimum absolute atomic E-state index is 0.407. The first-order valence-electron chi connectivity index (χ1n) is 14.8. The van der Waals surface area contributed by atoms with E-state index in [9.17, 15) is 9.59 Å². The molecule has 0 radical (unpaired) electrons. The predicted octanol–water partition coefficient (Wildman–Crippen LogP) is 10.2. The van der Waals surface area contributed by atoms with Crippen LogP contribution in [0.3, 0.4) is 0 Å². The van der Waals surface area contributed by atoms with Crippen molar-refractivity contribution in [3.63, 3.8) is 0 Å². The topological polar surface area (TPSA) is 34.1 Å². The van der Waals surface area contributed by atoms with Gasteiger partial charge < -0.3 is 0 Å². The molecule has 0 saturated carbocycles. The fraction of sp³-hybridized carbons (Fsp3) is 0.588. The van der Waals surface area contributed by atoms with Gasteiger partial charge in [0.05, 0.1) is 0 Å². The lowest BCUT2D eigenvalue weighted by molar-refractivity contribution is 0.0816. The summed E-state index contributed by atoms with van der Waals surface area (Å²) in [6.07, 6.45) is 23.1. The summed E-state index contributed by atoms with van der Waals surface area (Å²) >= 11 is 0. The maximum absolute atomic E-state index is 12.8. The summed E-state index contributed by atoms with van der Waals surface area (Å²) in [5.41, 5.74) is 4.40. The Kier molecular flexibility index (Phi) is 15.1. The van der Waals surface area contributed by atoms with Crippen LogP contribution in [-0.4, -0.2) is 11.6 Å². The van der Waals surface area contributed by atoms with Gasteiger partial charge in [-0.1, -0.05) is 146 Å². The summed E-state index contributed by atoms with van der Waals surface area (Å²) < 4.78 is 0. The van der Waals surface area contributed by atoms with Crippen molar-refractivity contribution in [3.05, 3.63) is 70.3 Å². The highest BCUT2D eigenvalue weighted by Gasteiger charge is 2.21. The van der Waals surface area contributed by atoms with E-state index in [-0.39, 0.29) is 0 Å². The Morgan fingerprint density at radius 1 is 0.528 bits per heavy atom. The lowest BCUT2D eigenvalue weighted by Crippen LogP contribution is -2.16. The summed E-state index contributed by atoms with van der Waals surface area (Å²) in [7, 11) is 0. The summed E-state index contributed by atoms with van der Waals surface area (Å²) in [5.74, 6) is -0.834. The molecular formula is C34H50O2. The van der Waals surface area contributed by atoms with Crippen molar-refractivity contribution in [2.24, 2.45) is 0 Å². The average Bonchev–Trinajstić information content (AvgIpc) is 2.90. The Balaban J connectivity index is 1.57. The zero-order chi connectivity index (χ0) is 26.0.